The molecule has 0 aliphatic rings. The Labute approximate surface area is 288 Å². The van der Waals surface area contributed by atoms with Crippen molar-refractivity contribution < 1.29 is 57.7 Å². The first kappa shape index (κ1) is 33.8. The molecule has 0 fully saturated rings. The van der Waals surface area contributed by atoms with Crippen molar-refractivity contribution in [1.82, 2.24) is 38.7 Å². The van der Waals surface area contributed by atoms with E-state index < -0.39 is 0 Å². The number of imidazole rings is 2. The van der Waals surface area contributed by atoms with Crippen molar-refractivity contribution in [3.63, 3.8) is 0 Å². The SMILES string of the molecule is Cc1cc(COCOCn2ccn(-c3[c-]cccc3)[c]2=[Pt])n[n-]1.Cc1cc(COCOCn2ccn(-c3[c-]cccc3)[c]2=[Pt])n[n-]1. The Hall–Kier alpha value is -3.50. The van der Waals surface area contributed by atoms with Gasteiger partial charge in [-0.1, -0.05) is 0 Å². The number of para-hydroxylation sites is 2. The van der Waals surface area contributed by atoms with Crippen molar-refractivity contribution in [2.75, 3.05) is 13.6 Å². The van der Waals surface area contributed by atoms with Crippen LogP contribution in [0.3, 0.4) is 0 Å². The molecule has 6 aromatic rings. The summed E-state index contributed by atoms with van der Waals surface area (Å²) in [4.78, 5) is 0. The van der Waals surface area contributed by atoms with Crippen LogP contribution < -0.4 is 10.2 Å². The van der Waals surface area contributed by atoms with E-state index in [1.807, 2.05) is 118 Å². The van der Waals surface area contributed by atoms with Crippen LogP contribution in [0.4, 0.5) is 0 Å². The predicted molar refractivity (Wildman–Crippen MR) is 158 cm³/mol. The molecule has 0 saturated heterocycles. The summed E-state index contributed by atoms with van der Waals surface area (Å²) in [6.07, 6.45) is 7.91. The number of nitrogens with zero attached hydrogens (tertiary/aromatic N) is 8. The van der Waals surface area contributed by atoms with Gasteiger partial charge in [-0.05, 0) is 0 Å². The van der Waals surface area contributed by atoms with Crippen molar-refractivity contribution in [2.45, 2.75) is 40.5 Å². The second kappa shape index (κ2) is 17.4. The van der Waals surface area contributed by atoms with Gasteiger partial charge in [-0.25, -0.2) is 0 Å². The second-order valence-corrected chi connectivity index (χ2v) is 11.8. The van der Waals surface area contributed by atoms with Crippen LogP contribution in [0.15, 0.2) is 85.5 Å². The molecule has 6 rings (SSSR count). The molecule has 0 aliphatic heterocycles. The molecule has 0 spiro atoms. The van der Waals surface area contributed by atoms with Gasteiger partial charge in [0.25, 0.3) is 0 Å². The van der Waals surface area contributed by atoms with Crippen LogP contribution >= 0.6 is 0 Å². The average molecular weight is 983 g/mol. The fourth-order valence-electron chi connectivity index (χ4n) is 4.10. The Balaban J connectivity index is 0.000000181. The molecule has 0 aliphatic carbocycles. The molecular formula is C32H32N8O4Pt2-4. The standard InChI is InChI=1S/2C16H16N4O2.2Pt/c2*1-14-9-15(18-17-14)10-21-13-22-12-19-7-8-20(11-19)16-5-3-2-4-6-16;;/h2*2-5,7-9H,10,12-13H2,1H3;;/q2*-2;;. The van der Waals surface area contributed by atoms with Crippen LogP contribution in [0.1, 0.15) is 22.8 Å². The summed E-state index contributed by atoms with van der Waals surface area (Å²) < 4.78 is 32.1. The van der Waals surface area contributed by atoms with Gasteiger partial charge in [0.1, 0.15) is 0 Å². The van der Waals surface area contributed by atoms with E-state index in [0.29, 0.717) is 26.7 Å². The summed E-state index contributed by atoms with van der Waals surface area (Å²) in [5.41, 5.74) is 5.43. The summed E-state index contributed by atoms with van der Waals surface area (Å²) in [6, 6.07) is 25.9. The zero-order chi connectivity index (χ0) is 32.1. The van der Waals surface area contributed by atoms with Gasteiger partial charge in [-0.15, -0.1) is 0 Å². The van der Waals surface area contributed by atoms with Crippen LogP contribution in [0.5, 0.6) is 0 Å². The number of aryl methyl sites for hydroxylation is 2. The molecule has 248 valence electrons. The molecule has 0 atom stereocenters. The van der Waals surface area contributed by atoms with Gasteiger partial charge in [0, 0.05) is 0 Å². The summed E-state index contributed by atoms with van der Waals surface area (Å²) >= 11 is 4.52. The van der Waals surface area contributed by atoms with Gasteiger partial charge < -0.3 is 0 Å². The van der Waals surface area contributed by atoms with E-state index in [9.17, 15) is 0 Å². The zero-order valence-electron chi connectivity index (χ0n) is 25.2. The van der Waals surface area contributed by atoms with Gasteiger partial charge >= 0.3 is 290 Å². The van der Waals surface area contributed by atoms with Gasteiger partial charge in [0.15, 0.2) is 0 Å². The third-order valence-corrected chi connectivity index (χ3v) is 8.62. The van der Waals surface area contributed by atoms with Gasteiger partial charge in [0.2, 0.25) is 0 Å². The van der Waals surface area contributed by atoms with Crippen molar-refractivity contribution in [2.24, 2.45) is 0 Å². The van der Waals surface area contributed by atoms with Crippen LogP contribution in [0, 0.1) is 33.6 Å². The normalized spacial score (nSPS) is 11.1. The van der Waals surface area contributed by atoms with Crippen LogP contribution in [-0.4, -0.2) is 42.1 Å². The molecular weight excluding hydrogens is 951 g/mol. The summed E-state index contributed by atoms with van der Waals surface area (Å²) in [7, 11) is 0. The van der Waals surface area contributed by atoms with Crippen molar-refractivity contribution in [1.29, 1.82) is 0 Å². The molecule has 0 bridgehead atoms. The Bertz CT molecular complexity index is 1750. The molecule has 4 aromatic heterocycles. The van der Waals surface area contributed by atoms with E-state index >= 15 is 0 Å². The summed E-state index contributed by atoms with van der Waals surface area (Å²) in [6.45, 7) is 5.87. The molecule has 0 radical (unpaired) electrons. The molecule has 0 amide bonds. The van der Waals surface area contributed by atoms with E-state index in [1.165, 1.54) is 0 Å². The van der Waals surface area contributed by atoms with Gasteiger partial charge in [0.05, 0.1) is 0 Å². The molecule has 12 nitrogen and oxygen atoms in total. The van der Waals surface area contributed by atoms with E-state index in [2.05, 4.69) is 71.2 Å². The number of hydrogen-bond acceptors (Lipinski definition) is 6. The topological polar surface area (TPSA) is 111 Å². The minimum absolute atomic E-state index is 0.206. The van der Waals surface area contributed by atoms with Crippen LogP contribution in [0.25, 0.3) is 11.4 Å². The Morgan fingerprint density at radius 1 is 0.652 bits per heavy atom. The number of hydrogen-bond donors (Lipinski definition) is 0. The monoisotopic (exact) mass is 982 g/mol. The molecule has 2 aromatic carbocycles. The quantitative estimate of drug-likeness (QED) is 0.0919. The van der Waals surface area contributed by atoms with Crippen molar-refractivity contribution in [3.05, 3.63) is 128 Å². The van der Waals surface area contributed by atoms with Crippen molar-refractivity contribution >= 4 is 0 Å². The average Bonchev–Trinajstić information content (AvgIpc) is 3.87. The van der Waals surface area contributed by atoms with Crippen LogP contribution in [-0.2, 0) is 84.3 Å². The maximum absolute atomic E-state index is 5.54. The Morgan fingerprint density at radius 2 is 1.11 bits per heavy atom. The first-order valence-corrected chi connectivity index (χ1v) is 16.4. The van der Waals surface area contributed by atoms with E-state index in [4.69, 9.17) is 18.9 Å². The summed E-state index contributed by atoms with van der Waals surface area (Å²) in [5, 5.41) is 15.8. The third kappa shape index (κ3) is 9.75. The minimum atomic E-state index is 0.206. The molecule has 14 heteroatoms. The Morgan fingerprint density at radius 3 is 1.48 bits per heavy atom. The van der Waals surface area contributed by atoms with Gasteiger partial charge in [-0.2, -0.15) is 0 Å². The van der Waals surface area contributed by atoms with E-state index in [0.717, 1.165) is 41.8 Å². The number of rotatable bonds is 14. The molecule has 0 saturated carbocycles. The van der Waals surface area contributed by atoms with E-state index in [-0.39, 0.29) is 13.6 Å². The molecule has 46 heavy (non-hydrogen) atoms. The first-order chi connectivity index (χ1) is 22.5. The number of benzene rings is 2. The molecule has 0 N–H and O–H groups in total. The summed E-state index contributed by atoms with van der Waals surface area (Å²) in [5.74, 6) is 0. The zero-order valence-corrected chi connectivity index (χ0v) is 29.7. The van der Waals surface area contributed by atoms with Crippen LogP contribution in [0.2, 0.25) is 0 Å². The third-order valence-electron chi connectivity index (χ3n) is 6.22. The first-order valence-electron chi connectivity index (χ1n) is 14.1. The van der Waals surface area contributed by atoms with E-state index in [1.54, 1.807) is 0 Å². The number of ether oxygens (including phenoxy) is 4. The molecule has 4 heterocycles. The fraction of sp³-hybridized carbons (Fsp3) is 0.250. The fourth-order valence-corrected chi connectivity index (χ4v) is 5.62. The van der Waals surface area contributed by atoms with Crippen molar-refractivity contribution in [3.8, 4) is 11.4 Å². The van der Waals surface area contributed by atoms with Gasteiger partial charge in [-0.3, -0.25) is 0 Å². The second-order valence-electron chi connectivity index (χ2n) is 9.81. The number of aromatic nitrogens is 8. The maximum atomic E-state index is 5.54. The Kier molecular flexibility index (Phi) is 12.8. The predicted octanol–water partition coefficient (Wildman–Crippen LogP) is 3.93. The molecule has 0 unspecified atom stereocenters.